The summed E-state index contributed by atoms with van der Waals surface area (Å²) in [5, 5.41) is 14.0. The third kappa shape index (κ3) is 4.83. The van der Waals surface area contributed by atoms with Gasteiger partial charge >= 0.3 is 0 Å². The first-order valence-electron chi connectivity index (χ1n) is 9.96. The zero-order chi connectivity index (χ0) is 20.4. The number of anilines is 2. The van der Waals surface area contributed by atoms with Gasteiger partial charge in [-0.05, 0) is 55.0 Å². The molecule has 2 N–H and O–H groups in total. The predicted molar refractivity (Wildman–Crippen MR) is 115 cm³/mol. The molecule has 0 saturated carbocycles. The van der Waals surface area contributed by atoms with Crippen molar-refractivity contribution in [2.45, 2.75) is 25.5 Å². The molecule has 1 saturated heterocycles. The van der Waals surface area contributed by atoms with Gasteiger partial charge in [-0.25, -0.2) is 0 Å². The van der Waals surface area contributed by atoms with Gasteiger partial charge in [-0.1, -0.05) is 11.6 Å². The van der Waals surface area contributed by atoms with E-state index in [1.54, 1.807) is 0 Å². The SMILES string of the molecule is CC1CN(c2ccc(Cl)cc2)CCN1C[C@H](O)COc1ccc2c(c1)CC(=O)N2. The van der Waals surface area contributed by atoms with Crippen molar-refractivity contribution < 1.29 is 14.6 Å². The maximum Gasteiger partial charge on any atom is 0.228 e. The first kappa shape index (κ1) is 20.0. The van der Waals surface area contributed by atoms with Crippen molar-refractivity contribution in [1.82, 2.24) is 4.90 Å². The normalized spacial score (nSPS) is 20.3. The Kier molecular flexibility index (Phi) is 5.94. The van der Waals surface area contributed by atoms with Gasteiger partial charge in [0.1, 0.15) is 18.5 Å². The third-order valence-electron chi connectivity index (χ3n) is 5.55. The molecule has 7 heteroatoms. The highest BCUT2D eigenvalue weighted by atomic mass is 35.5. The molecule has 0 spiro atoms. The Hall–Kier alpha value is -2.28. The molecule has 2 aliphatic heterocycles. The maximum absolute atomic E-state index is 11.5. The number of carbonyl (C=O) groups is 1. The molecule has 2 heterocycles. The van der Waals surface area contributed by atoms with E-state index in [-0.39, 0.29) is 12.5 Å². The smallest absolute Gasteiger partial charge is 0.228 e. The lowest BCUT2D eigenvalue weighted by Gasteiger charge is -2.41. The average Bonchev–Trinajstić information content (AvgIpc) is 3.08. The number of fused-ring (bicyclic) bond motifs is 1. The summed E-state index contributed by atoms with van der Waals surface area (Å²) in [6.45, 7) is 5.67. The monoisotopic (exact) mass is 415 g/mol. The minimum Gasteiger partial charge on any atom is -0.491 e. The second-order valence-electron chi connectivity index (χ2n) is 7.78. The number of aliphatic hydroxyl groups excluding tert-OH is 1. The second kappa shape index (κ2) is 8.61. The van der Waals surface area contributed by atoms with E-state index in [1.165, 1.54) is 5.69 Å². The predicted octanol–water partition coefficient (Wildman–Crippen LogP) is 2.79. The van der Waals surface area contributed by atoms with Crippen LogP contribution in [0.4, 0.5) is 11.4 Å². The lowest BCUT2D eigenvalue weighted by atomic mass is 10.1. The van der Waals surface area contributed by atoms with Gasteiger partial charge in [0.2, 0.25) is 5.91 Å². The maximum atomic E-state index is 11.5. The summed E-state index contributed by atoms with van der Waals surface area (Å²) in [5.74, 6) is 0.684. The quantitative estimate of drug-likeness (QED) is 0.759. The molecule has 0 radical (unpaired) electrons. The number of rotatable bonds is 6. The molecule has 1 fully saturated rings. The van der Waals surface area contributed by atoms with Crippen LogP contribution in [0, 0.1) is 0 Å². The number of piperazine rings is 1. The van der Waals surface area contributed by atoms with E-state index in [9.17, 15) is 9.90 Å². The van der Waals surface area contributed by atoms with Gasteiger partial charge in [-0.15, -0.1) is 0 Å². The van der Waals surface area contributed by atoms with Crippen molar-refractivity contribution in [1.29, 1.82) is 0 Å². The minimum atomic E-state index is -0.576. The van der Waals surface area contributed by atoms with Crippen molar-refractivity contribution in [2.75, 3.05) is 43.0 Å². The highest BCUT2D eigenvalue weighted by Gasteiger charge is 2.26. The molecule has 2 atom stereocenters. The Morgan fingerprint density at radius 1 is 1.24 bits per heavy atom. The van der Waals surface area contributed by atoms with Crippen LogP contribution in [0.1, 0.15) is 12.5 Å². The molecule has 0 aliphatic carbocycles. The molecule has 1 unspecified atom stereocenters. The molecule has 2 aromatic carbocycles. The number of halogens is 1. The van der Waals surface area contributed by atoms with Gasteiger partial charge in [-0.3, -0.25) is 9.69 Å². The van der Waals surface area contributed by atoms with Crippen LogP contribution < -0.4 is 15.0 Å². The number of benzene rings is 2. The molecular weight excluding hydrogens is 390 g/mol. The number of aliphatic hydroxyl groups is 1. The fraction of sp³-hybridized carbons (Fsp3) is 0.409. The number of amides is 1. The molecule has 29 heavy (non-hydrogen) atoms. The van der Waals surface area contributed by atoms with Crippen LogP contribution in [0.5, 0.6) is 5.75 Å². The number of β-amino-alcohol motifs (C(OH)–C–C–N with tert-alkyl or cyclic N) is 1. The van der Waals surface area contributed by atoms with Gasteiger partial charge < -0.3 is 20.1 Å². The molecule has 154 valence electrons. The molecule has 0 bridgehead atoms. The zero-order valence-corrected chi connectivity index (χ0v) is 17.2. The second-order valence-corrected chi connectivity index (χ2v) is 8.21. The molecular formula is C22H26ClN3O3. The van der Waals surface area contributed by atoms with Crippen LogP contribution in [0.2, 0.25) is 5.02 Å². The van der Waals surface area contributed by atoms with Crippen LogP contribution in [-0.2, 0) is 11.2 Å². The van der Waals surface area contributed by atoms with Gasteiger partial charge in [0.15, 0.2) is 0 Å². The highest BCUT2D eigenvalue weighted by Crippen LogP contribution is 2.27. The van der Waals surface area contributed by atoms with Crippen molar-refractivity contribution in [3.63, 3.8) is 0 Å². The first-order chi connectivity index (χ1) is 14.0. The van der Waals surface area contributed by atoms with E-state index in [1.807, 2.05) is 42.5 Å². The summed E-state index contributed by atoms with van der Waals surface area (Å²) in [7, 11) is 0. The summed E-state index contributed by atoms with van der Waals surface area (Å²) in [4.78, 5) is 16.1. The Bertz CT molecular complexity index is 874. The van der Waals surface area contributed by atoms with Crippen molar-refractivity contribution in [2.24, 2.45) is 0 Å². The van der Waals surface area contributed by atoms with Crippen LogP contribution >= 0.6 is 11.6 Å². The van der Waals surface area contributed by atoms with Crippen LogP contribution in [0.15, 0.2) is 42.5 Å². The number of nitrogens with zero attached hydrogens (tertiary/aromatic N) is 2. The van der Waals surface area contributed by atoms with Gasteiger partial charge in [-0.2, -0.15) is 0 Å². The number of hydrogen-bond acceptors (Lipinski definition) is 5. The average molecular weight is 416 g/mol. The molecule has 4 rings (SSSR count). The highest BCUT2D eigenvalue weighted by molar-refractivity contribution is 6.30. The Labute approximate surface area is 176 Å². The minimum absolute atomic E-state index is 0.00362. The van der Waals surface area contributed by atoms with E-state index < -0.39 is 6.10 Å². The van der Waals surface area contributed by atoms with E-state index in [0.29, 0.717) is 24.8 Å². The van der Waals surface area contributed by atoms with E-state index in [2.05, 4.69) is 22.0 Å². The summed E-state index contributed by atoms with van der Waals surface area (Å²) >= 11 is 5.98. The summed E-state index contributed by atoms with van der Waals surface area (Å²) in [6, 6.07) is 13.8. The van der Waals surface area contributed by atoms with Gasteiger partial charge in [0.05, 0.1) is 6.42 Å². The molecule has 0 aromatic heterocycles. The molecule has 6 nitrogen and oxygen atoms in total. The van der Waals surface area contributed by atoms with Crippen molar-refractivity contribution in [3.05, 3.63) is 53.1 Å². The number of ether oxygens (including phenoxy) is 1. The summed E-state index contributed by atoms with van der Waals surface area (Å²) in [5.41, 5.74) is 2.96. The first-order valence-corrected chi connectivity index (χ1v) is 10.3. The topological polar surface area (TPSA) is 65.0 Å². The molecule has 2 aliphatic rings. The van der Waals surface area contributed by atoms with E-state index >= 15 is 0 Å². The number of carbonyl (C=O) groups excluding carboxylic acids is 1. The fourth-order valence-electron chi connectivity index (χ4n) is 3.96. The standard InChI is InChI=1S/C22H26ClN3O3/c1-15-12-26(18-4-2-17(23)3-5-18)9-8-25(15)13-19(27)14-29-20-6-7-21-16(10-20)11-22(28)24-21/h2-7,10,15,19,27H,8-9,11-14H2,1H3,(H,24,28)/t15?,19-/m0/s1. The molecule has 1 amide bonds. The van der Waals surface area contributed by atoms with Gasteiger partial charge in [0, 0.05) is 48.6 Å². The number of nitrogens with one attached hydrogen (secondary N) is 1. The largest absolute Gasteiger partial charge is 0.491 e. The van der Waals surface area contributed by atoms with Crippen molar-refractivity contribution >= 4 is 28.9 Å². The zero-order valence-electron chi connectivity index (χ0n) is 16.5. The van der Waals surface area contributed by atoms with E-state index in [4.69, 9.17) is 16.3 Å². The van der Waals surface area contributed by atoms with Crippen LogP contribution in [-0.4, -0.2) is 60.8 Å². The summed E-state index contributed by atoms with van der Waals surface area (Å²) in [6.07, 6.45) is -0.197. The number of hydrogen-bond donors (Lipinski definition) is 2. The third-order valence-corrected chi connectivity index (χ3v) is 5.80. The Balaban J connectivity index is 1.26. The van der Waals surface area contributed by atoms with E-state index in [0.717, 1.165) is 35.9 Å². The Morgan fingerprint density at radius 2 is 2.03 bits per heavy atom. The lowest BCUT2D eigenvalue weighted by Crippen LogP contribution is -2.54. The van der Waals surface area contributed by atoms with Crippen LogP contribution in [0.3, 0.4) is 0 Å². The van der Waals surface area contributed by atoms with Crippen LogP contribution in [0.25, 0.3) is 0 Å². The summed E-state index contributed by atoms with van der Waals surface area (Å²) < 4.78 is 5.77. The fourth-order valence-corrected chi connectivity index (χ4v) is 4.09. The van der Waals surface area contributed by atoms with Crippen molar-refractivity contribution in [3.8, 4) is 5.75 Å². The lowest BCUT2D eigenvalue weighted by molar-refractivity contribution is -0.115. The molecule has 2 aromatic rings. The Morgan fingerprint density at radius 3 is 2.79 bits per heavy atom. The van der Waals surface area contributed by atoms with Gasteiger partial charge in [0.25, 0.3) is 0 Å².